The second-order valence-electron chi connectivity index (χ2n) is 31.6. The number of rotatable bonds is 20. The van der Waals surface area contributed by atoms with Gasteiger partial charge in [-0.15, -0.1) is 0 Å². The van der Waals surface area contributed by atoms with E-state index in [-0.39, 0.29) is 120 Å². The summed E-state index contributed by atoms with van der Waals surface area (Å²) in [7, 11) is 0. The van der Waals surface area contributed by atoms with Crippen molar-refractivity contribution in [3.63, 3.8) is 0 Å². The van der Waals surface area contributed by atoms with Crippen LogP contribution in [0.3, 0.4) is 0 Å². The number of aryl methyl sites for hydroxylation is 3. The summed E-state index contributed by atoms with van der Waals surface area (Å²) in [5.74, 6) is -2.30. The average molecular weight is 1620 g/mol. The van der Waals surface area contributed by atoms with Gasteiger partial charge in [0.25, 0.3) is 17.7 Å². The highest BCUT2D eigenvalue weighted by atomic mass is 35.5. The third-order valence-corrected chi connectivity index (χ3v) is 23.7. The van der Waals surface area contributed by atoms with Gasteiger partial charge < -0.3 is 29.1 Å². The van der Waals surface area contributed by atoms with Gasteiger partial charge in [0.15, 0.2) is 17.3 Å². The molecule has 115 heavy (non-hydrogen) atoms. The van der Waals surface area contributed by atoms with Gasteiger partial charge in [0.2, 0.25) is 16.3 Å². The number of nitrogens with zero attached hydrogens (tertiary/aromatic N) is 7. The van der Waals surface area contributed by atoms with Crippen molar-refractivity contribution in [3.05, 3.63) is 248 Å². The molecule has 4 saturated carbocycles. The number of fused-ring (bicyclic) bond motifs is 5. The van der Waals surface area contributed by atoms with Crippen LogP contribution in [-0.4, -0.2) is 120 Å². The topological polar surface area (TPSA) is 246 Å². The van der Waals surface area contributed by atoms with E-state index < -0.39 is 51.5 Å². The van der Waals surface area contributed by atoms with Gasteiger partial charge in [0.05, 0.1) is 49.2 Å². The first-order valence-electron chi connectivity index (χ1n) is 39.4. The van der Waals surface area contributed by atoms with Crippen molar-refractivity contribution in [2.75, 3.05) is 39.3 Å². The minimum atomic E-state index is -0.688. The van der Waals surface area contributed by atoms with Crippen LogP contribution in [-0.2, 0) is 4.79 Å². The molecule has 3 amide bonds. The third kappa shape index (κ3) is 18.6. The lowest BCUT2D eigenvalue weighted by Crippen LogP contribution is -2.47. The molecule has 0 bridgehead atoms. The quantitative estimate of drug-likeness (QED) is 0.0601. The Kier molecular flexibility index (Phi) is 23.7. The van der Waals surface area contributed by atoms with E-state index in [1.54, 1.807) is 35.7 Å². The molecule has 3 N–H and O–H groups in total. The van der Waals surface area contributed by atoms with Crippen molar-refractivity contribution < 1.29 is 46.7 Å². The Bertz CT molecular complexity index is 5650. The van der Waals surface area contributed by atoms with Crippen LogP contribution in [0.1, 0.15) is 190 Å². The molecule has 0 atom stereocenters. The second-order valence-corrected chi connectivity index (χ2v) is 32.9. The predicted molar refractivity (Wildman–Crippen MR) is 439 cm³/mol. The van der Waals surface area contributed by atoms with Crippen LogP contribution >= 0.6 is 34.8 Å². The van der Waals surface area contributed by atoms with E-state index in [0.717, 1.165) is 134 Å². The molecule has 20 nitrogen and oxygen atoms in total. The van der Waals surface area contributed by atoms with E-state index in [4.69, 9.17) is 39.5 Å². The Morgan fingerprint density at radius 1 is 0.443 bits per heavy atom. The van der Waals surface area contributed by atoms with Crippen LogP contribution in [0.15, 0.2) is 154 Å². The van der Waals surface area contributed by atoms with E-state index in [1.165, 1.54) is 18.2 Å². The number of aromatic nitrogens is 5. The van der Waals surface area contributed by atoms with Gasteiger partial charge in [0, 0.05) is 115 Å². The number of carbonyl (C=O) groups excluding carboxylic acids is 6. The molecule has 6 fully saturated rings. The van der Waals surface area contributed by atoms with Gasteiger partial charge in [-0.1, -0.05) is 87.9 Å². The number of ether oxygens (including phenoxy) is 1. The zero-order chi connectivity index (χ0) is 80.6. The van der Waals surface area contributed by atoms with Crippen LogP contribution < -0.4 is 37.1 Å². The summed E-state index contributed by atoms with van der Waals surface area (Å²) >= 11 is 17.9. The number of hydrogen-bond donors (Lipinski definition) is 3. The van der Waals surface area contributed by atoms with Crippen molar-refractivity contribution in [3.8, 4) is 5.75 Å². The number of benzene rings is 6. The van der Waals surface area contributed by atoms with Gasteiger partial charge in [-0.25, -0.2) is 28.1 Å². The highest BCUT2D eigenvalue weighted by Gasteiger charge is 2.34. The van der Waals surface area contributed by atoms with Crippen molar-refractivity contribution in [2.45, 2.75) is 154 Å². The third-order valence-electron chi connectivity index (χ3n) is 22.8. The van der Waals surface area contributed by atoms with Gasteiger partial charge >= 0.3 is 0 Å². The first-order valence-corrected chi connectivity index (χ1v) is 40.5. The van der Waals surface area contributed by atoms with Crippen molar-refractivity contribution in [2.24, 2.45) is 11.8 Å². The molecule has 5 aromatic heterocycles. The number of Topliss-reactive ketones (excluding diaryl/α,β-unsaturated/α-hetero) is 3. The summed E-state index contributed by atoms with van der Waals surface area (Å²) in [4.78, 5) is 128. The summed E-state index contributed by atoms with van der Waals surface area (Å²) in [6.07, 6.45) is 17.0. The molecule has 0 unspecified atom stereocenters. The molecule has 6 aliphatic rings. The molecule has 2 aliphatic heterocycles. The Hall–Kier alpha value is -10.4. The van der Waals surface area contributed by atoms with Crippen molar-refractivity contribution >= 4 is 124 Å². The number of likely N-dealkylation sites (tertiary alicyclic amines) is 1. The maximum atomic E-state index is 14.2. The second kappa shape index (κ2) is 34.2. The molecule has 7 heterocycles. The van der Waals surface area contributed by atoms with Crippen LogP contribution in [0, 0.1) is 50.1 Å². The van der Waals surface area contributed by atoms with Gasteiger partial charge in [-0.3, -0.25) is 53.5 Å². The fourth-order valence-electron chi connectivity index (χ4n) is 15.8. The number of pyridine rings is 5. The number of carbonyl (C=O) groups is 6. The highest BCUT2D eigenvalue weighted by Crippen LogP contribution is 2.41. The number of nitrogens with one attached hydrogen (secondary N) is 3. The smallest absolute Gasteiger partial charge is 0.271 e. The molecule has 2 saturated heterocycles. The number of amides is 3. The van der Waals surface area contributed by atoms with Crippen LogP contribution in [0.5, 0.6) is 5.75 Å². The van der Waals surface area contributed by atoms with Crippen LogP contribution in [0.4, 0.5) is 13.2 Å². The van der Waals surface area contributed by atoms with Crippen molar-refractivity contribution in [1.29, 1.82) is 0 Å². The van der Waals surface area contributed by atoms with Gasteiger partial charge in [0.1, 0.15) is 57.9 Å². The number of hydrogen-bond acceptors (Lipinski definition) is 14. The van der Waals surface area contributed by atoms with E-state index in [1.807, 2.05) is 107 Å². The standard InChI is InChI=1S/2C30H28ClFN4O3.C29H30ClFN2O4/c1-17-2-6-25-19(12-17)3-7-26(33-25)28(37)13-18-8-10-35(11-9-18)34-30(39)22-16-36(20-4-5-20)27-15-23(31)24(32)14-21(27)29(22)38;1-17-2-6-25-18(12-17)3-7-26(34-25)28(37)16-35-10-8-19(9-11-35)33-30(39)22-15-36(20-4-5-20)27-14-23(31)24(32)13-21(27)29(22)38;1-17-2-10-22(11-3-17)37-16-21(34)12-18-4-6-19(7-5-18)32-29(36)24-15-33(20-8-9-20)27-14-25(30)26(31)13-23(27)28(24)35/h2-3,6-7,12,14-16,18,20H,4-5,8-11,13H2,1H3,(H,34,39);2-3,6-7,12-15,19-20H,4-5,8-11,16H2,1H3,(H,33,39);2-3,10-11,13-15,18-20H,4-9,12,16H2,1H3,(H,32,36). The van der Waals surface area contributed by atoms with Crippen molar-refractivity contribution in [1.82, 2.24) is 49.6 Å². The number of ketones is 3. The molecule has 594 valence electrons. The zero-order valence-electron chi connectivity index (χ0n) is 63.9. The van der Waals surface area contributed by atoms with Gasteiger partial charge in [-0.2, -0.15) is 0 Å². The Morgan fingerprint density at radius 2 is 0.852 bits per heavy atom. The summed E-state index contributed by atoms with van der Waals surface area (Å²) < 4.78 is 53.7. The molecule has 0 radical (unpaired) electrons. The number of piperidine rings is 2. The molecule has 17 rings (SSSR count). The minimum absolute atomic E-state index is 0.00584. The molecule has 0 spiro atoms. The fraction of sp³-hybridized carbons (Fsp3) is 0.360. The normalized spacial score (nSPS) is 17.5. The summed E-state index contributed by atoms with van der Waals surface area (Å²) in [5.41, 5.74) is 8.92. The highest BCUT2D eigenvalue weighted by molar-refractivity contribution is 6.32. The van der Waals surface area contributed by atoms with E-state index in [0.29, 0.717) is 85.5 Å². The lowest BCUT2D eigenvalue weighted by atomic mass is 9.83. The lowest BCUT2D eigenvalue weighted by Gasteiger charge is -2.31. The number of halogens is 6. The maximum absolute atomic E-state index is 14.2. The van der Waals surface area contributed by atoms with E-state index in [9.17, 15) is 56.3 Å². The molecule has 26 heteroatoms. The summed E-state index contributed by atoms with van der Waals surface area (Å²) in [6, 6.07) is 35.0. The molecular formula is C89H86Cl3F3N10O10. The fourth-order valence-corrected chi connectivity index (χ4v) is 16.3. The monoisotopic (exact) mass is 1620 g/mol. The molecule has 4 aliphatic carbocycles. The zero-order valence-corrected chi connectivity index (χ0v) is 66.1. The Morgan fingerprint density at radius 3 is 1.30 bits per heavy atom. The molecular weight excluding hydrogens is 1530 g/mol. The van der Waals surface area contributed by atoms with Gasteiger partial charge in [-0.05, 0) is 207 Å². The lowest BCUT2D eigenvalue weighted by molar-refractivity contribution is -0.122. The summed E-state index contributed by atoms with van der Waals surface area (Å²) in [5, 5.41) is 10.1. The van der Waals surface area contributed by atoms with Crippen LogP contribution in [0.2, 0.25) is 15.1 Å². The molecule has 11 aromatic rings. The van der Waals surface area contributed by atoms with Crippen LogP contribution in [0.25, 0.3) is 54.5 Å². The average Bonchev–Trinajstić information content (AvgIpc) is 1.75. The summed E-state index contributed by atoms with van der Waals surface area (Å²) in [6.45, 7) is 8.75. The van der Waals surface area contributed by atoms with E-state index >= 15 is 0 Å². The Balaban J connectivity index is 0.000000136. The predicted octanol–water partition coefficient (Wildman–Crippen LogP) is 16.4. The first kappa shape index (κ1) is 79.8. The Labute approximate surface area is 675 Å². The maximum Gasteiger partial charge on any atom is 0.271 e. The molecule has 6 aromatic carbocycles. The minimum Gasteiger partial charge on any atom is -0.486 e. The van der Waals surface area contributed by atoms with E-state index in [2.05, 4.69) is 30.9 Å². The largest absolute Gasteiger partial charge is 0.486 e. The first-order chi connectivity index (χ1) is 55.3. The SMILES string of the molecule is Cc1ccc(OCC(=O)CC2CCC(NC(=O)c3cn(C4CC4)c4cc(Cl)c(F)cc4c3=O)CC2)cc1.Cc1ccc2nc(C(=O)CC3CCN(NC(=O)c4cn(C5CC5)c5cc(Cl)c(F)cc5c4=O)CC3)ccc2c1.Cc1ccc2nc(C(=O)CN3CCC(NC(=O)c4cn(C5CC5)c5cc(Cl)c(F)cc5c4=O)CC3)ccc2c1. The number of hydrazine groups is 1.